The number of fused-ring (bicyclic) bond motifs is 2. The number of primary amides is 1. The van der Waals surface area contributed by atoms with Gasteiger partial charge in [0.25, 0.3) is 0 Å². The highest BCUT2D eigenvalue weighted by molar-refractivity contribution is 5.85. The second kappa shape index (κ2) is 2.44. The van der Waals surface area contributed by atoms with E-state index < -0.39 is 5.54 Å². The van der Waals surface area contributed by atoms with Gasteiger partial charge in [0.15, 0.2) is 0 Å². The van der Waals surface area contributed by atoms with Gasteiger partial charge in [0.2, 0.25) is 5.91 Å². The largest absolute Gasteiger partial charge is 0.368 e. The average Bonchev–Trinajstić information content (AvgIpc) is 2.43. The lowest BCUT2D eigenvalue weighted by molar-refractivity contribution is -0.126. The minimum absolute atomic E-state index is 0.295. The van der Waals surface area contributed by atoms with Crippen LogP contribution >= 0.6 is 0 Å². The Hall–Kier alpha value is -0.610. The zero-order valence-corrected chi connectivity index (χ0v) is 7.12. The molecular formula is C8H15N3O. The summed E-state index contributed by atoms with van der Waals surface area (Å²) in [7, 11) is 0. The highest BCUT2D eigenvalue weighted by Gasteiger charge is 2.47. The van der Waals surface area contributed by atoms with Crippen molar-refractivity contribution in [3.05, 3.63) is 0 Å². The van der Waals surface area contributed by atoms with Crippen LogP contribution in [-0.2, 0) is 4.79 Å². The summed E-state index contributed by atoms with van der Waals surface area (Å²) in [4.78, 5) is 13.5. The van der Waals surface area contributed by atoms with E-state index in [9.17, 15) is 4.79 Å². The highest BCUT2D eigenvalue weighted by Crippen LogP contribution is 2.33. The maximum atomic E-state index is 11.1. The standard InChI is InChI=1S/C8H15N3O/c9-7(12)8(10)2-4-11-3-1-6(8)5-11/h6H,1-5,10H2,(H2,9,12). The first kappa shape index (κ1) is 8.01. The zero-order valence-electron chi connectivity index (χ0n) is 7.12. The quantitative estimate of drug-likeness (QED) is 0.523. The van der Waals surface area contributed by atoms with Gasteiger partial charge in [-0.2, -0.15) is 0 Å². The molecule has 2 heterocycles. The summed E-state index contributed by atoms with van der Waals surface area (Å²) >= 11 is 0. The monoisotopic (exact) mass is 169 g/mol. The molecule has 4 heteroatoms. The van der Waals surface area contributed by atoms with Crippen LogP contribution in [0.25, 0.3) is 0 Å². The maximum Gasteiger partial charge on any atom is 0.237 e. The molecule has 4 N–H and O–H groups in total. The molecule has 0 aliphatic carbocycles. The van der Waals surface area contributed by atoms with Crippen LogP contribution in [-0.4, -0.2) is 36.0 Å². The van der Waals surface area contributed by atoms with Crippen LogP contribution in [0.3, 0.4) is 0 Å². The van der Waals surface area contributed by atoms with E-state index >= 15 is 0 Å². The lowest BCUT2D eigenvalue weighted by Gasteiger charge is -2.37. The van der Waals surface area contributed by atoms with Crippen molar-refractivity contribution < 1.29 is 4.79 Å². The molecule has 4 nitrogen and oxygen atoms in total. The number of piperidine rings is 1. The maximum absolute atomic E-state index is 11.1. The second-order valence-corrected chi connectivity index (χ2v) is 3.94. The summed E-state index contributed by atoms with van der Waals surface area (Å²) in [6.45, 7) is 2.96. The summed E-state index contributed by atoms with van der Waals surface area (Å²) in [6.07, 6.45) is 1.76. The molecule has 2 fully saturated rings. The van der Waals surface area contributed by atoms with Crippen molar-refractivity contribution in [2.24, 2.45) is 17.4 Å². The third-order valence-electron chi connectivity index (χ3n) is 3.30. The van der Waals surface area contributed by atoms with Crippen LogP contribution in [0.2, 0.25) is 0 Å². The van der Waals surface area contributed by atoms with Crippen molar-refractivity contribution in [1.82, 2.24) is 4.90 Å². The van der Waals surface area contributed by atoms with Crippen molar-refractivity contribution in [3.8, 4) is 0 Å². The number of nitrogens with zero attached hydrogens (tertiary/aromatic N) is 1. The van der Waals surface area contributed by atoms with Crippen LogP contribution < -0.4 is 11.5 Å². The Kier molecular flexibility index (Phi) is 1.63. The first-order valence-corrected chi connectivity index (χ1v) is 4.44. The Bertz CT molecular complexity index is 218. The van der Waals surface area contributed by atoms with Gasteiger partial charge >= 0.3 is 0 Å². The molecule has 3 atom stereocenters. The van der Waals surface area contributed by atoms with Crippen LogP contribution in [0.4, 0.5) is 0 Å². The fourth-order valence-electron chi connectivity index (χ4n) is 2.33. The summed E-state index contributed by atoms with van der Waals surface area (Å²) in [5.41, 5.74) is 10.6. The van der Waals surface area contributed by atoms with E-state index in [-0.39, 0.29) is 5.91 Å². The normalized spacial score (nSPS) is 46.1. The Morgan fingerprint density at radius 3 is 2.92 bits per heavy atom. The van der Waals surface area contributed by atoms with Gasteiger partial charge in [-0.1, -0.05) is 0 Å². The average molecular weight is 169 g/mol. The fourth-order valence-corrected chi connectivity index (χ4v) is 2.33. The molecule has 0 aromatic rings. The Labute approximate surface area is 71.9 Å². The minimum atomic E-state index is -0.715. The van der Waals surface area contributed by atoms with E-state index in [2.05, 4.69) is 4.90 Å². The summed E-state index contributed by atoms with van der Waals surface area (Å²) in [5, 5.41) is 0. The molecule has 2 saturated heterocycles. The lowest BCUT2D eigenvalue weighted by Crippen LogP contribution is -2.61. The van der Waals surface area contributed by atoms with Crippen molar-refractivity contribution in [2.45, 2.75) is 18.4 Å². The van der Waals surface area contributed by atoms with Crippen molar-refractivity contribution in [1.29, 1.82) is 0 Å². The van der Waals surface area contributed by atoms with Crippen LogP contribution in [0, 0.1) is 5.92 Å². The van der Waals surface area contributed by atoms with Gasteiger partial charge in [0.1, 0.15) is 5.54 Å². The van der Waals surface area contributed by atoms with E-state index in [0.29, 0.717) is 5.92 Å². The van der Waals surface area contributed by atoms with E-state index in [0.717, 1.165) is 32.5 Å². The number of amides is 1. The van der Waals surface area contributed by atoms with Crippen LogP contribution in [0.15, 0.2) is 0 Å². The fraction of sp³-hybridized carbons (Fsp3) is 0.875. The Morgan fingerprint density at radius 2 is 2.25 bits per heavy atom. The van der Waals surface area contributed by atoms with Crippen LogP contribution in [0.5, 0.6) is 0 Å². The molecule has 3 unspecified atom stereocenters. The molecule has 2 bridgehead atoms. The van der Waals surface area contributed by atoms with Gasteiger partial charge in [-0.05, 0) is 25.3 Å². The Morgan fingerprint density at radius 1 is 1.50 bits per heavy atom. The number of hydrogen-bond acceptors (Lipinski definition) is 3. The van der Waals surface area contributed by atoms with Gasteiger partial charge < -0.3 is 16.4 Å². The van der Waals surface area contributed by atoms with Crippen molar-refractivity contribution in [2.75, 3.05) is 19.6 Å². The molecule has 0 aromatic carbocycles. The van der Waals surface area contributed by atoms with Gasteiger partial charge in [-0.25, -0.2) is 0 Å². The number of nitrogens with two attached hydrogens (primary N) is 2. The summed E-state index contributed by atoms with van der Waals surface area (Å²) in [6, 6.07) is 0. The van der Waals surface area contributed by atoms with Crippen molar-refractivity contribution in [3.63, 3.8) is 0 Å². The number of carbonyl (C=O) groups excluding carboxylic acids is 1. The molecule has 0 saturated carbocycles. The van der Waals surface area contributed by atoms with E-state index in [4.69, 9.17) is 11.5 Å². The second-order valence-electron chi connectivity index (χ2n) is 3.94. The smallest absolute Gasteiger partial charge is 0.237 e. The third kappa shape index (κ3) is 0.949. The number of carbonyl (C=O) groups is 1. The molecule has 1 amide bonds. The van der Waals surface area contributed by atoms with Crippen LogP contribution in [0.1, 0.15) is 12.8 Å². The predicted molar refractivity (Wildman–Crippen MR) is 45.3 cm³/mol. The molecular weight excluding hydrogens is 154 g/mol. The molecule has 12 heavy (non-hydrogen) atoms. The third-order valence-corrected chi connectivity index (χ3v) is 3.30. The first-order valence-electron chi connectivity index (χ1n) is 4.44. The predicted octanol–water partition coefficient (Wildman–Crippen LogP) is -1.11. The van der Waals surface area contributed by atoms with E-state index in [1.807, 2.05) is 0 Å². The van der Waals surface area contributed by atoms with Gasteiger partial charge in [0.05, 0.1) is 0 Å². The molecule has 68 valence electrons. The van der Waals surface area contributed by atoms with Gasteiger partial charge in [-0.15, -0.1) is 0 Å². The van der Waals surface area contributed by atoms with E-state index in [1.54, 1.807) is 0 Å². The summed E-state index contributed by atoms with van der Waals surface area (Å²) in [5.74, 6) is -0.0298. The van der Waals surface area contributed by atoms with Gasteiger partial charge in [0, 0.05) is 13.1 Å². The highest BCUT2D eigenvalue weighted by atomic mass is 16.1. The zero-order chi connectivity index (χ0) is 8.77. The molecule has 2 rings (SSSR count). The molecule has 0 aromatic heterocycles. The minimum Gasteiger partial charge on any atom is -0.368 e. The molecule has 2 aliphatic heterocycles. The molecule has 2 aliphatic rings. The number of hydrogen-bond donors (Lipinski definition) is 2. The van der Waals surface area contributed by atoms with Crippen molar-refractivity contribution >= 4 is 5.91 Å². The van der Waals surface area contributed by atoms with Gasteiger partial charge in [-0.3, -0.25) is 4.79 Å². The SMILES string of the molecule is NC(=O)C1(N)CCN2CCC1C2. The Balaban J connectivity index is 2.21. The first-order chi connectivity index (χ1) is 5.63. The number of rotatable bonds is 1. The summed E-state index contributed by atoms with van der Waals surface area (Å²) < 4.78 is 0. The molecule has 0 radical (unpaired) electrons. The molecule has 0 spiro atoms. The van der Waals surface area contributed by atoms with E-state index in [1.165, 1.54) is 0 Å². The lowest BCUT2D eigenvalue weighted by atomic mass is 9.79. The topological polar surface area (TPSA) is 72.3 Å².